The first-order valence-corrected chi connectivity index (χ1v) is 21.2. The molecule has 0 radical (unpaired) electrons. The van der Waals surface area contributed by atoms with Gasteiger partial charge in [0.1, 0.15) is 5.82 Å². The molecule has 9 heteroatoms. The molecule has 1 unspecified atom stereocenters. The van der Waals surface area contributed by atoms with Gasteiger partial charge < -0.3 is 9.84 Å². The monoisotopic (exact) mass is 800 g/mol. The molecule has 8 nitrogen and oxygen atoms in total. The number of hydrogen-bond donors (Lipinski definition) is 1. The van der Waals surface area contributed by atoms with Crippen molar-refractivity contribution >= 4 is 39.0 Å². The van der Waals surface area contributed by atoms with Gasteiger partial charge in [0.15, 0.2) is 5.78 Å². The molecule has 4 aliphatic rings. The Morgan fingerprint density at radius 2 is 1.75 bits per heavy atom. The molecule has 0 bridgehead atoms. The fourth-order valence-electron chi connectivity index (χ4n) is 9.33. The lowest BCUT2D eigenvalue weighted by atomic mass is 9.66. The number of carboxylic acids is 1. The second-order valence-electron chi connectivity index (χ2n) is 17.0. The van der Waals surface area contributed by atoms with E-state index in [4.69, 9.17) is 14.8 Å². The molecule has 1 atom stereocenters. The molecule has 0 amide bonds. The number of benzene rings is 3. The maximum atomic E-state index is 14.5. The summed E-state index contributed by atoms with van der Waals surface area (Å²) in [5, 5.41) is 11.7. The molecule has 304 valence electrons. The van der Waals surface area contributed by atoms with Crippen LogP contribution >= 0.6 is 0 Å². The van der Waals surface area contributed by atoms with Gasteiger partial charge >= 0.3 is 5.97 Å². The number of carbonyl (C=O) groups excluding carboxylic acids is 1. The van der Waals surface area contributed by atoms with Gasteiger partial charge in [-0.15, -0.1) is 0 Å². The highest BCUT2D eigenvalue weighted by Crippen LogP contribution is 2.48. The first-order chi connectivity index (χ1) is 29.1. The van der Waals surface area contributed by atoms with Crippen LogP contribution in [0, 0.1) is 24.6 Å². The lowest BCUT2D eigenvalue weighted by Crippen LogP contribution is -2.40. The number of carbonyl (C=O) groups is 2. The summed E-state index contributed by atoms with van der Waals surface area (Å²) in [6, 6.07) is 23.1. The van der Waals surface area contributed by atoms with Crippen molar-refractivity contribution in [1.29, 1.82) is 0 Å². The lowest BCUT2D eigenvalue weighted by molar-refractivity contribution is 0.0696. The zero-order valence-electron chi connectivity index (χ0n) is 34.3. The third-order valence-corrected chi connectivity index (χ3v) is 12.4. The zero-order valence-corrected chi connectivity index (χ0v) is 34.3. The summed E-state index contributed by atoms with van der Waals surface area (Å²) < 4.78 is 20.1. The summed E-state index contributed by atoms with van der Waals surface area (Å²) in [6.45, 7) is 8.84. The molecule has 3 aromatic carbocycles. The Kier molecular flexibility index (Phi) is 10.9. The molecular formula is C51H49FN4O4. The van der Waals surface area contributed by atoms with Crippen LogP contribution in [0.3, 0.4) is 0 Å². The van der Waals surface area contributed by atoms with E-state index in [9.17, 15) is 14.0 Å². The largest absolute Gasteiger partial charge is 0.478 e. The average molecular weight is 801 g/mol. The van der Waals surface area contributed by atoms with E-state index >= 15 is 0 Å². The van der Waals surface area contributed by atoms with Crippen LogP contribution in [0.5, 0.6) is 5.88 Å². The zero-order chi connectivity index (χ0) is 41.5. The number of nitrogens with zero attached hydrogens (tertiary/aromatic N) is 4. The van der Waals surface area contributed by atoms with E-state index < -0.39 is 5.97 Å². The fraction of sp³-hybridized carbons (Fsp3) is 0.314. The number of aromatic carboxylic acids is 1. The number of rotatable bonds is 8. The van der Waals surface area contributed by atoms with E-state index in [2.05, 4.69) is 70.3 Å². The molecule has 6 aromatic rings. The summed E-state index contributed by atoms with van der Waals surface area (Å²) in [5.41, 5.74) is 11.1. The molecule has 1 saturated carbocycles. The summed E-state index contributed by atoms with van der Waals surface area (Å²) >= 11 is 0. The third kappa shape index (κ3) is 7.98. The average Bonchev–Trinajstić information content (AvgIpc) is 4.10. The smallest absolute Gasteiger partial charge is 0.337 e. The predicted octanol–water partition coefficient (Wildman–Crippen LogP) is 11.2. The number of allylic oxidation sites excluding steroid dienone is 4. The van der Waals surface area contributed by atoms with E-state index in [1.54, 1.807) is 24.5 Å². The van der Waals surface area contributed by atoms with E-state index in [0.29, 0.717) is 23.5 Å². The predicted molar refractivity (Wildman–Crippen MR) is 234 cm³/mol. The minimum atomic E-state index is -0.974. The molecule has 10 rings (SSSR count). The third-order valence-electron chi connectivity index (χ3n) is 12.4. The van der Waals surface area contributed by atoms with Crippen molar-refractivity contribution in [2.24, 2.45) is 11.8 Å². The summed E-state index contributed by atoms with van der Waals surface area (Å²) in [4.78, 5) is 40.6. The van der Waals surface area contributed by atoms with Gasteiger partial charge in [-0.3, -0.25) is 19.7 Å². The van der Waals surface area contributed by atoms with Gasteiger partial charge in [0.25, 0.3) is 0 Å². The Labute approximate surface area is 349 Å². The maximum Gasteiger partial charge on any atom is 0.337 e. The quantitative estimate of drug-likeness (QED) is 0.162. The number of likely N-dealkylation sites (tertiary alicyclic amines) is 1. The van der Waals surface area contributed by atoms with Crippen LogP contribution in [-0.4, -0.2) is 55.9 Å². The number of piperidine rings is 1. The van der Waals surface area contributed by atoms with E-state index in [-0.39, 0.29) is 23.4 Å². The Bertz CT molecular complexity index is 2690. The van der Waals surface area contributed by atoms with E-state index in [0.717, 1.165) is 108 Å². The van der Waals surface area contributed by atoms with Crippen LogP contribution in [0.2, 0.25) is 0 Å². The maximum absolute atomic E-state index is 14.5. The van der Waals surface area contributed by atoms with Gasteiger partial charge in [-0.05, 0) is 154 Å². The molecule has 0 spiro atoms. The number of pyridine rings is 3. The molecule has 1 N–H and O–H groups in total. The number of aryl methyl sites for hydroxylation is 1. The molecule has 4 heterocycles. The van der Waals surface area contributed by atoms with Crippen LogP contribution in [0.1, 0.15) is 101 Å². The van der Waals surface area contributed by atoms with Crippen LogP contribution in [-0.2, 0) is 6.54 Å². The normalized spacial score (nSPS) is 18.0. The number of hydrogen-bond acceptors (Lipinski definition) is 7. The van der Waals surface area contributed by atoms with Gasteiger partial charge in [0.05, 0.1) is 22.9 Å². The molecular weight excluding hydrogens is 752 g/mol. The fourth-order valence-corrected chi connectivity index (χ4v) is 9.33. The molecule has 3 aromatic heterocycles. The van der Waals surface area contributed by atoms with Gasteiger partial charge in [0, 0.05) is 53.1 Å². The Morgan fingerprint density at radius 3 is 2.50 bits per heavy atom. The minimum Gasteiger partial charge on any atom is -0.478 e. The molecule has 60 heavy (non-hydrogen) atoms. The highest BCUT2D eigenvalue weighted by atomic mass is 19.1. The first-order valence-electron chi connectivity index (χ1n) is 21.2. The molecule has 1 saturated heterocycles. The Hall–Kier alpha value is -6.06. The highest BCUT2D eigenvalue weighted by molar-refractivity contribution is 6.17. The first kappa shape index (κ1) is 39.4. The molecule has 1 aliphatic heterocycles. The van der Waals surface area contributed by atoms with E-state index in [1.807, 2.05) is 26.0 Å². The topological polar surface area (TPSA) is 106 Å². The lowest BCUT2D eigenvalue weighted by Gasteiger charge is -2.40. The minimum absolute atomic E-state index is 0.00738. The number of ketones is 1. The number of Topliss-reactive ketones (excluding diaryl/α,β-unsaturated/α-hetero) is 1. The van der Waals surface area contributed by atoms with Crippen molar-refractivity contribution in [1.82, 2.24) is 19.9 Å². The summed E-state index contributed by atoms with van der Waals surface area (Å²) in [6.07, 6.45) is 15.4. The SMILES string of the molecule is Cc1ccc2c3c(ccc2c1)C1=C(CCC=C1)C(C1CCN(Cc2cc(C4CC4)c(-c4ccc(F)cc4)nc2OC(C)C)CC1)C3=O.O=C(O)c1cnc2ccncc2c1. The van der Waals surface area contributed by atoms with Crippen LogP contribution in [0.25, 0.3) is 38.5 Å². The van der Waals surface area contributed by atoms with Gasteiger partial charge in [-0.25, -0.2) is 14.2 Å². The van der Waals surface area contributed by atoms with Gasteiger partial charge in [-0.1, -0.05) is 53.6 Å². The second-order valence-corrected chi connectivity index (χ2v) is 17.0. The van der Waals surface area contributed by atoms with Gasteiger partial charge in [0.2, 0.25) is 5.88 Å². The summed E-state index contributed by atoms with van der Waals surface area (Å²) in [7, 11) is 0. The Balaban J connectivity index is 0.000000303. The van der Waals surface area contributed by atoms with Gasteiger partial charge in [-0.2, -0.15) is 0 Å². The molecule has 2 fully saturated rings. The second kappa shape index (κ2) is 16.5. The van der Waals surface area contributed by atoms with Crippen molar-refractivity contribution < 1.29 is 23.8 Å². The van der Waals surface area contributed by atoms with Crippen molar-refractivity contribution in [3.05, 3.63) is 148 Å². The molecule has 3 aliphatic carbocycles. The van der Waals surface area contributed by atoms with Crippen molar-refractivity contribution in [3.63, 3.8) is 0 Å². The standard InChI is InChI=1S/C42H43FN2O2.C9H6N2O2/c1-25(2)47-42-31(23-37(27-9-10-27)40(44-42)29-11-14-32(43)15-12-29)24-45-20-18-28(19-21-45)38-35-7-5-4-6-34(35)36-17-13-30-22-26(3)8-16-33(30)39(36)41(38)46;12-9(13)7-3-6-4-10-2-1-8(6)11-5-7/h4,6,8,11-17,22-23,25,27-28,38H,5,7,9-10,18-21,24H2,1-3H3;1-5H,(H,12,13). The Morgan fingerprint density at radius 1 is 0.950 bits per heavy atom. The van der Waals surface area contributed by atoms with Crippen LogP contribution in [0.15, 0.2) is 109 Å². The van der Waals surface area contributed by atoms with Crippen molar-refractivity contribution in [2.75, 3.05) is 13.1 Å². The van der Waals surface area contributed by atoms with Crippen LogP contribution in [0.4, 0.5) is 4.39 Å². The highest BCUT2D eigenvalue weighted by Gasteiger charge is 2.41. The number of halogens is 1. The number of aromatic nitrogens is 3. The number of fused-ring (bicyclic) bond motifs is 5. The van der Waals surface area contributed by atoms with E-state index in [1.165, 1.54) is 40.6 Å². The van der Waals surface area contributed by atoms with Crippen molar-refractivity contribution in [2.45, 2.75) is 77.9 Å². The summed E-state index contributed by atoms with van der Waals surface area (Å²) in [5.74, 6) is 0.562. The van der Waals surface area contributed by atoms with Crippen molar-refractivity contribution in [3.8, 4) is 17.1 Å². The number of ether oxygens (including phenoxy) is 1. The van der Waals surface area contributed by atoms with Crippen LogP contribution < -0.4 is 4.74 Å². The number of carboxylic acid groups (broad SMARTS) is 1.